The molecule has 0 N–H and O–H groups in total. The quantitative estimate of drug-likeness (QED) is 0.179. The van der Waals surface area contributed by atoms with Crippen LogP contribution >= 0.6 is 0 Å². The highest BCUT2D eigenvalue weighted by Crippen LogP contribution is 2.45. The van der Waals surface area contributed by atoms with Crippen molar-refractivity contribution in [1.82, 2.24) is 9.97 Å². The van der Waals surface area contributed by atoms with Crippen molar-refractivity contribution in [2.45, 2.75) is 50.9 Å². The zero-order chi connectivity index (χ0) is 31.9. The molecule has 2 aliphatic carbocycles. The maximum Gasteiger partial charge on any atom is 0.0668 e. The van der Waals surface area contributed by atoms with Gasteiger partial charge in [-0.3, -0.25) is 9.97 Å². The summed E-state index contributed by atoms with van der Waals surface area (Å²) in [6.45, 7) is 0. The van der Waals surface area contributed by atoms with E-state index in [9.17, 15) is 0 Å². The molecule has 0 spiro atoms. The predicted molar refractivity (Wildman–Crippen MR) is 202 cm³/mol. The maximum atomic E-state index is 4.77. The Morgan fingerprint density at radius 1 is 0.521 bits per heavy atom. The minimum absolute atomic E-state index is 0.715. The molecule has 2 heterocycles. The van der Waals surface area contributed by atoms with Crippen LogP contribution in [0.1, 0.15) is 66.8 Å². The summed E-state index contributed by atoms with van der Waals surface area (Å²) in [6, 6.07) is 43.0. The van der Waals surface area contributed by atoms with Gasteiger partial charge in [0, 0.05) is 24.2 Å². The Morgan fingerprint density at radius 2 is 1.21 bits per heavy atom. The van der Waals surface area contributed by atoms with Gasteiger partial charge < -0.3 is 0 Å². The van der Waals surface area contributed by atoms with Gasteiger partial charge in [0.2, 0.25) is 0 Å². The molecule has 0 bridgehead atoms. The van der Waals surface area contributed by atoms with Gasteiger partial charge >= 0.3 is 0 Å². The molecule has 9 rings (SSSR count). The molecule has 2 heteroatoms. The number of aryl methyl sites for hydroxylation is 1. The van der Waals surface area contributed by atoms with Gasteiger partial charge in [-0.05, 0) is 128 Å². The van der Waals surface area contributed by atoms with E-state index in [1.165, 1.54) is 98.2 Å². The van der Waals surface area contributed by atoms with Crippen LogP contribution in [0, 0.1) is 0 Å². The fourth-order valence-electron chi connectivity index (χ4n) is 8.28. The van der Waals surface area contributed by atoms with E-state index in [4.69, 9.17) is 4.98 Å². The Kier molecular flexibility index (Phi) is 7.43. The Bertz CT molecular complexity index is 2250. The van der Waals surface area contributed by atoms with E-state index in [1.807, 2.05) is 24.7 Å². The second kappa shape index (κ2) is 12.4. The van der Waals surface area contributed by atoms with E-state index in [1.54, 1.807) is 0 Å². The van der Waals surface area contributed by atoms with Gasteiger partial charge in [-0.2, -0.15) is 0 Å². The molecule has 0 amide bonds. The lowest BCUT2D eigenvalue weighted by atomic mass is 9.82. The van der Waals surface area contributed by atoms with Gasteiger partial charge in [0.1, 0.15) is 0 Å². The molecular formula is C46H38N2. The first kappa shape index (κ1) is 28.8. The fraction of sp³-hybridized carbons (Fsp3) is 0.174. The Morgan fingerprint density at radius 3 is 1.90 bits per heavy atom. The van der Waals surface area contributed by atoms with Crippen LogP contribution < -0.4 is 0 Å². The topological polar surface area (TPSA) is 25.8 Å². The van der Waals surface area contributed by atoms with E-state index in [-0.39, 0.29) is 0 Å². The minimum Gasteiger partial charge on any atom is -0.264 e. The van der Waals surface area contributed by atoms with Gasteiger partial charge in [0.05, 0.1) is 5.69 Å². The van der Waals surface area contributed by atoms with Crippen LogP contribution in [0.2, 0.25) is 0 Å². The van der Waals surface area contributed by atoms with E-state index in [2.05, 4.69) is 120 Å². The van der Waals surface area contributed by atoms with E-state index in [0.29, 0.717) is 5.92 Å². The molecule has 48 heavy (non-hydrogen) atoms. The van der Waals surface area contributed by atoms with Crippen LogP contribution in [0.5, 0.6) is 0 Å². The number of pyridine rings is 2. The molecule has 0 radical (unpaired) electrons. The Balaban J connectivity index is 1.12. The lowest BCUT2D eigenvalue weighted by Gasteiger charge is -2.23. The largest absolute Gasteiger partial charge is 0.264 e. The molecule has 2 aliphatic rings. The third kappa shape index (κ3) is 5.22. The van der Waals surface area contributed by atoms with Crippen molar-refractivity contribution in [3.63, 3.8) is 0 Å². The maximum absolute atomic E-state index is 4.77. The predicted octanol–water partition coefficient (Wildman–Crippen LogP) is 12.3. The monoisotopic (exact) mass is 618 g/mol. The number of aromatic nitrogens is 2. The number of allylic oxidation sites excluding steroid dienone is 1. The molecule has 1 fully saturated rings. The Labute approximate surface area is 282 Å². The highest BCUT2D eigenvalue weighted by molar-refractivity contribution is 6.21. The second-order valence-electron chi connectivity index (χ2n) is 13.6. The van der Waals surface area contributed by atoms with Gasteiger partial charge in [-0.1, -0.05) is 116 Å². The minimum atomic E-state index is 0.715. The fourth-order valence-corrected chi connectivity index (χ4v) is 8.28. The number of fused-ring (bicyclic) bond motifs is 3. The van der Waals surface area contributed by atoms with Crippen molar-refractivity contribution in [2.24, 2.45) is 0 Å². The van der Waals surface area contributed by atoms with Crippen LogP contribution in [-0.4, -0.2) is 9.97 Å². The molecule has 0 unspecified atom stereocenters. The number of hydrogen-bond acceptors (Lipinski definition) is 2. The summed E-state index contributed by atoms with van der Waals surface area (Å²) in [5.74, 6) is 0.715. The SMILES string of the molecule is C1=C(c2cc(-c3cccnc3)ccn2)CCc2cc(-c3c4ccccc4c(-c4ccc(C5CCCCC5)cc4)c4ccccc34)ccc21. The summed E-state index contributed by atoms with van der Waals surface area (Å²) in [5.41, 5.74) is 14.0. The van der Waals surface area contributed by atoms with Crippen molar-refractivity contribution >= 4 is 33.2 Å². The highest BCUT2D eigenvalue weighted by Gasteiger charge is 2.20. The first-order chi connectivity index (χ1) is 23.8. The zero-order valence-electron chi connectivity index (χ0n) is 27.2. The standard InChI is InChI=1S/C46H38N2/c1-2-9-31(10-3-1)32-16-18-33(19-17-32)45-40-12-4-6-14-42(40)46(43-15-7-5-13-41(43)45)38-23-21-34-27-37(22-20-35(34)28-38)44-29-36(24-26-48-44)39-11-8-25-47-30-39/h4-8,11-19,21,23-31H,1-3,9-10,20,22H2. The number of nitrogens with zero attached hydrogens (tertiary/aromatic N) is 2. The third-order valence-corrected chi connectivity index (χ3v) is 10.7. The highest BCUT2D eigenvalue weighted by atomic mass is 14.7. The zero-order valence-corrected chi connectivity index (χ0v) is 27.2. The smallest absolute Gasteiger partial charge is 0.0668 e. The van der Waals surface area contributed by atoms with E-state index < -0.39 is 0 Å². The molecule has 5 aromatic carbocycles. The molecule has 7 aromatic rings. The molecule has 0 atom stereocenters. The van der Waals surface area contributed by atoms with Gasteiger partial charge in [-0.15, -0.1) is 0 Å². The van der Waals surface area contributed by atoms with Crippen LogP contribution in [0.3, 0.4) is 0 Å². The number of rotatable bonds is 5. The van der Waals surface area contributed by atoms with Crippen molar-refractivity contribution in [3.8, 4) is 33.4 Å². The van der Waals surface area contributed by atoms with Crippen LogP contribution in [0.4, 0.5) is 0 Å². The summed E-state index contributed by atoms with van der Waals surface area (Å²) < 4.78 is 0. The van der Waals surface area contributed by atoms with Crippen molar-refractivity contribution in [1.29, 1.82) is 0 Å². The summed E-state index contributed by atoms with van der Waals surface area (Å²) >= 11 is 0. The summed E-state index contributed by atoms with van der Waals surface area (Å²) in [5, 5.41) is 5.25. The summed E-state index contributed by atoms with van der Waals surface area (Å²) in [7, 11) is 0. The van der Waals surface area contributed by atoms with Crippen molar-refractivity contribution in [2.75, 3.05) is 0 Å². The van der Waals surface area contributed by atoms with Gasteiger partial charge in [0.25, 0.3) is 0 Å². The Hall–Kier alpha value is -5.34. The molecular weight excluding hydrogens is 581 g/mol. The molecule has 0 saturated heterocycles. The average molecular weight is 619 g/mol. The van der Waals surface area contributed by atoms with Crippen LogP contribution in [0.25, 0.3) is 66.6 Å². The molecule has 1 saturated carbocycles. The lowest BCUT2D eigenvalue weighted by Crippen LogP contribution is -2.04. The van der Waals surface area contributed by atoms with Crippen molar-refractivity contribution in [3.05, 3.63) is 156 Å². The first-order valence-corrected chi connectivity index (χ1v) is 17.5. The van der Waals surface area contributed by atoms with E-state index >= 15 is 0 Å². The first-order valence-electron chi connectivity index (χ1n) is 17.5. The van der Waals surface area contributed by atoms with Gasteiger partial charge in [0.15, 0.2) is 0 Å². The van der Waals surface area contributed by atoms with E-state index in [0.717, 1.165) is 29.7 Å². The average Bonchev–Trinajstić information content (AvgIpc) is 3.17. The van der Waals surface area contributed by atoms with Crippen molar-refractivity contribution < 1.29 is 0 Å². The molecule has 0 aliphatic heterocycles. The number of hydrogen-bond donors (Lipinski definition) is 0. The third-order valence-electron chi connectivity index (χ3n) is 10.7. The lowest BCUT2D eigenvalue weighted by molar-refractivity contribution is 0.443. The molecule has 232 valence electrons. The molecule has 2 nitrogen and oxygen atoms in total. The number of benzene rings is 5. The second-order valence-corrected chi connectivity index (χ2v) is 13.6. The normalized spacial score (nSPS) is 15.0. The summed E-state index contributed by atoms with van der Waals surface area (Å²) in [4.78, 5) is 9.08. The van der Waals surface area contributed by atoms with Crippen LogP contribution in [-0.2, 0) is 6.42 Å². The van der Waals surface area contributed by atoms with Crippen LogP contribution in [0.15, 0.2) is 134 Å². The summed E-state index contributed by atoms with van der Waals surface area (Å²) in [6.07, 6.45) is 16.7. The molecule has 2 aromatic heterocycles. The van der Waals surface area contributed by atoms with Gasteiger partial charge in [-0.25, -0.2) is 0 Å².